The van der Waals surface area contributed by atoms with E-state index in [1.807, 2.05) is 106 Å². The van der Waals surface area contributed by atoms with Gasteiger partial charge in [0.05, 0.1) is 71.3 Å². The number of tetrazole rings is 1. The number of H-pyrrole nitrogens is 2. The number of para-hydroxylation sites is 6. The van der Waals surface area contributed by atoms with Gasteiger partial charge in [-0.3, -0.25) is 22.8 Å². The molecule has 488 valence electrons. The van der Waals surface area contributed by atoms with E-state index in [0.29, 0.717) is 51.4 Å². The molecule has 0 atom stereocenters. The molecule has 0 unspecified atom stereocenters. The van der Waals surface area contributed by atoms with Gasteiger partial charge < -0.3 is 4.98 Å². The molecule has 0 aliphatic carbocycles. The first-order valence-electron chi connectivity index (χ1n) is 31.5. The molecule has 0 saturated carbocycles. The van der Waals surface area contributed by atoms with E-state index in [2.05, 4.69) is 153 Å². The second-order valence-electron chi connectivity index (χ2n) is 23.6. The van der Waals surface area contributed by atoms with Crippen molar-refractivity contribution in [1.82, 2.24) is 48.4 Å². The Morgan fingerprint density at radius 2 is 1.04 bits per heavy atom. The summed E-state index contributed by atoms with van der Waals surface area (Å²) in [5, 5.41) is 40.6. The third-order valence-corrected chi connectivity index (χ3v) is 24.5. The number of azide groups is 1. The predicted octanol–water partition coefficient (Wildman–Crippen LogP) is 17.2. The van der Waals surface area contributed by atoms with Crippen molar-refractivity contribution in [3.05, 3.63) is 237 Å². The molecule has 2 N–H and O–H groups in total. The Bertz CT molecular complexity index is 5060. The van der Waals surface area contributed by atoms with Crippen molar-refractivity contribution in [2.24, 2.45) is 4.78 Å². The van der Waals surface area contributed by atoms with Gasteiger partial charge >= 0.3 is 88.3 Å². The fourth-order valence-electron chi connectivity index (χ4n) is 11.1. The van der Waals surface area contributed by atoms with Crippen LogP contribution in [-0.2, 0) is 42.2 Å². The number of hydrogen-bond donors (Lipinski definition) is 2. The number of imidazole rings is 3. The molecule has 0 aliphatic rings. The maximum absolute atomic E-state index is 13.3. The number of nitrogens with one attached hydrogen (secondary N) is 2. The average Bonchev–Trinajstić information content (AvgIpc) is 1.63. The third kappa shape index (κ3) is 18.4. The summed E-state index contributed by atoms with van der Waals surface area (Å²) in [6, 6.07) is 46.3. The molecule has 19 nitrogen and oxygen atoms in total. The van der Waals surface area contributed by atoms with Crippen molar-refractivity contribution in [3.63, 3.8) is 0 Å². The minimum Gasteiger partial charge on any atom is -0.306 e. The standard InChI is InChI=1S/C20H18N6OS.C20H17N3OS.C17H14N2OS.2C4H9.C3H9N3Si.C3H3N.O.Sn/c1-13-5-4-8-17-19(13)14(12-28-17)11-26-16-7-3-2-6-15(16)25(20(26)27)10-9-18-21-23-24-22-18;1-14-6-4-9-18-19(14)15(13-25-18)12-23-17-8-3-2-7-16(17)22(20(23)24)11-5-10-21;1-11-5-4-8-15-16(11)12(10-21-15)9-19-14-7-3-2-6-13(14)18-17(19)20;2*1-3-4-2;1-7(2,3)6-5-4;1-2-3-4;;/h2-8,12H,9-11H2,1H3,(H,21,22,23,24);2-4,6-9,13H,5,11-12H2,1H3;2-8,10H,9H2,1H3,(H,18,20);2*1,3-4H2,2H3;1-3H3;2H,1H2;;. The topological polar surface area (TPSA) is 260 Å². The van der Waals surface area contributed by atoms with Crippen LogP contribution in [-0.4, -0.2) is 76.4 Å². The summed E-state index contributed by atoms with van der Waals surface area (Å²) in [7, 11) is -1.45. The van der Waals surface area contributed by atoms with Gasteiger partial charge in [0.1, 0.15) is 8.24 Å². The van der Waals surface area contributed by atoms with Crippen molar-refractivity contribution in [1.29, 1.82) is 10.5 Å². The Labute approximate surface area is 571 Å². The molecule has 95 heavy (non-hydrogen) atoms. The van der Waals surface area contributed by atoms with Crippen LogP contribution >= 0.6 is 34.0 Å². The summed E-state index contributed by atoms with van der Waals surface area (Å²) in [4.78, 5) is 44.0. The second kappa shape index (κ2) is 34.9. The predicted molar refractivity (Wildman–Crippen MR) is 394 cm³/mol. The van der Waals surface area contributed by atoms with Crippen LogP contribution < -0.4 is 17.1 Å². The SMILES string of the molecule is C=CC#N.CCC[CH2][Sn](=[O])[CH2]CCC.C[Si](C)(C)N=[N+]=[N-].Cc1cccc2scc(Cn3c(=O)[nH]c4ccccc43)c12.Cc1cccc2scc(Cn3c(=O)n(CCC#N)c4ccccc43)c12.Cc1cccc2scc(Cn3c(=O)n(CCc4nn[nH]n4)c4ccccc43)c12. The van der Waals surface area contributed by atoms with Crippen LogP contribution in [0.5, 0.6) is 0 Å². The summed E-state index contributed by atoms with van der Waals surface area (Å²) in [5.74, 6) is 0.600. The van der Waals surface area contributed by atoms with Gasteiger partial charge in [0, 0.05) is 55.8 Å². The van der Waals surface area contributed by atoms with Gasteiger partial charge in [0.15, 0.2) is 5.82 Å². The number of benzene rings is 6. The average molecular weight is 1450 g/mol. The van der Waals surface area contributed by atoms with Gasteiger partial charge in [-0.25, -0.2) is 14.4 Å². The zero-order chi connectivity index (χ0) is 68.0. The van der Waals surface area contributed by atoms with E-state index in [-0.39, 0.29) is 17.1 Å². The molecule has 0 fully saturated rings. The van der Waals surface area contributed by atoms with Gasteiger partial charge in [-0.05, 0) is 135 Å². The van der Waals surface area contributed by atoms with Gasteiger partial charge in [-0.15, -0.1) is 49.0 Å². The number of unbranched alkanes of at least 4 members (excludes halogenated alkanes) is 2. The number of nitrogens with zero attached hydrogens (tertiary/aromatic N) is 13. The van der Waals surface area contributed by atoms with Crippen LogP contribution in [0.4, 0.5) is 0 Å². The quantitative estimate of drug-likeness (QED) is 0.0272. The van der Waals surface area contributed by atoms with E-state index in [0.717, 1.165) is 42.0 Å². The van der Waals surface area contributed by atoms with Crippen molar-refractivity contribution in [3.8, 4) is 12.1 Å². The van der Waals surface area contributed by atoms with Gasteiger partial charge in [0.2, 0.25) is 0 Å². The van der Waals surface area contributed by atoms with Crippen molar-refractivity contribution >= 4 is 125 Å². The van der Waals surface area contributed by atoms with E-state index in [1.165, 1.54) is 95.4 Å². The van der Waals surface area contributed by atoms with Crippen LogP contribution in [0, 0.1) is 43.4 Å². The Hall–Kier alpha value is -9.07. The number of fused-ring (bicyclic) bond motifs is 6. The maximum Gasteiger partial charge on any atom is 0.329 e. The molecular weight excluding hydrogens is 1370 g/mol. The second-order valence-corrected chi connectivity index (χ2v) is 36.8. The van der Waals surface area contributed by atoms with Gasteiger partial charge in [-0.2, -0.15) is 15.7 Å². The largest absolute Gasteiger partial charge is 0.329 e. The normalized spacial score (nSPS) is 10.8. The van der Waals surface area contributed by atoms with E-state index < -0.39 is 28.0 Å². The summed E-state index contributed by atoms with van der Waals surface area (Å²) in [6.07, 6.45) is 6.86. The molecule has 0 amide bonds. The fourth-order valence-corrected chi connectivity index (χ4v) is 19.4. The molecule has 7 aromatic heterocycles. The van der Waals surface area contributed by atoms with Crippen LogP contribution in [0.1, 0.15) is 85.2 Å². The van der Waals surface area contributed by atoms with E-state index >= 15 is 0 Å². The number of allylic oxidation sites excluding steroid dienone is 1. The van der Waals surface area contributed by atoms with Gasteiger partial charge in [0.25, 0.3) is 0 Å². The first-order chi connectivity index (χ1) is 45.9. The number of rotatable bonds is 18. The van der Waals surface area contributed by atoms with E-state index in [1.54, 1.807) is 49.2 Å². The molecule has 0 bridgehead atoms. The fraction of sp³-hybridized carbons (Fsp3) is 0.296. The molecule has 0 radical (unpaired) electrons. The number of aromatic nitrogens is 10. The Balaban J connectivity index is 0.000000160. The van der Waals surface area contributed by atoms with Crippen molar-refractivity contribution in [2.45, 2.75) is 134 Å². The Kier molecular flexibility index (Phi) is 26.4. The first kappa shape index (κ1) is 71.8. The van der Waals surface area contributed by atoms with Crippen molar-refractivity contribution in [2.75, 3.05) is 0 Å². The Morgan fingerprint density at radius 3 is 1.43 bits per heavy atom. The summed E-state index contributed by atoms with van der Waals surface area (Å²) in [5.41, 5.74) is 20.6. The van der Waals surface area contributed by atoms with Crippen molar-refractivity contribution < 1.29 is 3.08 Å². The number of hydrogen-bond acceptors (Lipinski definition) is 13. The van der Waals surface area contributed by atoms with Crippen LogP contribution in [0.25, 0.3) is 73.8 Å². The maximum atomic E-state index is 13.3. The number of aromatic amines is 2. The Morgan fingerprint density at radius 1 is 0.621 bits per heavy atom. The van der Waals surface area contributed by atoms with E-state index in [4.69, 9.17) is 16.1 Å². The molecule has 6 aromatic carbocycles. The minimum absolute atomic E-state index is 0.0161. The zero-order valence-corrected chi connectivity index (χ0v) is 61.3. The monoisotopic (exact) mass is 1450 g/mol. The summed E-state index contributed by atoms with van der Waals surface area (Å²) in [6.45, 7) is 22.4. The van der Waals surface area contributed by atoms with Gasteiger partial charge in [-0.1, -0.05) is 104 Å². The number of aryl methyl sites for hydroxylation is 6. The summed E-state index contributed by atoms with van der Waals surface area (Å²) < 4.78 is 29.8. The van der Waals surface area contributed by atoms with Crippen LogP contribution in [0.15, 0.2) is 175 Å². The van der Waals surface area contributed by atoms with Crippen LogP contribution in [0.3, 0.4) is 0 Å². The smallest absolute Gasteiger partial charge is 0.306 e. The molecule has 0 aliphatic heterocycles. The molecule has 0 saturated heterocycles. The van der Waals surface area contributed by atoms with Crippen LogP contribution in [0.2, 0.25) is 28.5 Å². The molecule has 13 rings (SSSR count). The first-order valence-corrected chi connectivity index (χ1v) is 42.8. The molecular formula is C71H79N15O4S3SiSn. The third-order valence-electron chi connectivity index (χ3n) is 15.6. The number of nitriles is 2. The molecule has 0 spiro atoms. The molecule has 7 heterocycles. The minimum atomic E-state index is -1.99. The number of thiophene rings is 3. The molecule has 24 heteroatoms. The van der Waals surface area contributed by atoms with E-state index in [9.17, 15) is 17.5 Å². The zero-order valence-electron chi connectivity index (χ0n) is 55.0. The summed E-state index contributed by atoms with van der Waals surface area (Å²) >= 11 is 3.18. The molecule has 13 aromatic rings.